The van der Waals surface area contributed by atoms with Crippen molar-refractivity contribution in [2.75, 3.05) is 25.2 Å². The highest BCUT2D eigenvalue weighted by Crippen LogP contribution is 2.21. The van der Waals surface area contributed by atoms with E-state index in [2.05, 4.69) is 17.4 Å². The molecule has 5 nitrogen and oxygen atoms in total. The van der Waals surface area contributed by atoms with Gasteiger partial charge in [-0.1, -0.05) is 42.5 Å². The van der Waals surface area contributed by atoms with Crippen molar-refractivity contribution in [1.82, 2.24) is 10.2 Å². The van der Waals surface area contributed by atoms with Crippen molar-refractivity contribution >= 4 is 27.2 Å². The molecule has 0 saturated carbocycles. The van der Waals surface area contributed by atoms with E-state index in [1.54, 1.807) is 7.11 Å². The van der Waals surface area contributed by atoms with Crippen molar-refractivity contribution in [2.45, 2.75) is 25.4 Å². The second-order valence-corrected chi connectivity index (χ2v) is 9.62. The van der Waals surface area contributed by atoms with Crippen molar-refractivity contribution < 1.29 is 13.2 Å². The first kappa shape index (κ1) is 20.6. The van der Waals surface area contributed by atoms with E-state index in [-0.39, 0.29) is 17.5 Å². The molecular weight excluding hydrogens is 392 g/mol. The Hall–Kier alpha value is -2.12. The lowest BCUT2D eigenvalue weighted by molar-refractivity contribution is 0.322. The average molecular weight is 419 g/mol. The van der Waals surface area contributed by atoms with Gasteiger partial charge in [0.1, 0.15) is 5.75 Å². The molecule has 1 saturated heterocycles. The molecule has 7 heteroatoms. The highest BCUT2D eigenvalue weighted by atomic mass is 32.2. The zero-order valence-electron chi connectivity index (χ0n) is 16.0. The van der Waals surface area contributed by atoms with Crippen molar-refractivity contribution in [3.8, 4) is 5.75 Å². The van der Waals surface area contributed by atoms with Gasteiger partial charge in [0.25, 0.3) is 0 Å². The molecular formula is C21H26N2O3S2. The summed E-state index contributed by atoms with van der Waals surface area (Å²) < 4.78 is 29.2. The molecule has 2 aromatic carbocycles. The summed E-state index contributed by atoms with van der Waals surface area (Å²) in [4.78, 5) is 2.02. The minimum absolute atomic E-state index is 0.0937. The number of thiocarbonyl (C=S) groups is 1. The third kappa shape index (κ3) is 5.69. The summed E-state index contributed by atoms with van der Waals surface area (Å²) in [5.41, 5.74) is 2.31. The van der Waals surface area contributed by atoms with Crippen LogP contribution in [0.25, 0.3) is 0 Å². The molecule has 2 aromatic rings. The fraction of sp³-hybridized carbons (Fsp3) is 0.381. The van der Waals surface area contributed by atoms with Crippen LogP contribution in [0.1, 0.15) is 17.5 Å². The third-order valence-electron chi connectivity index (χ3n) is 4.95. The lowest BCUT2D eigenvalue weighted by Crippen LogP contribution is -2.46. The number of sulfone groups is 1. The fourth-order valence-electron chi connectivity index (χ4n) is 3.38. The Morgan fingerprint density at radius 2 is 1.86 bits per heavy atom. The number of hydrogen-bond donors (Lipinski definition) is 1. The molecule has 1 aliphatic heterocycles. The predicted octanol–water partition coefficient (Wildman–Crippen LogP) is 2.80. The van der Waals surface area contributed by atoms with E-state index in [1.165, 1.54) is 5.56 Å². The van der Waals surface area contributed by atoms with E-state index in [9.17, 15) is 8.42 Å². The maximum atomic E-state index is 12.0. The number of nitrogens with zero attached hydrogens (tertiary/aromatic N) is 1. The van der Waals surface area contributed by atoms with Crippen LogP contribution in [0.3, 0.4) is 0 Å². The molecule has 1 fully saturated rings. The highest BCUT2D eigenvalue weighted by molar-refractivity contribution is 7.91. The number of rotatable bonds is 7. The first-order valence-corrected chi connectivity index (χ1v) is 11.6. The van der Waals surface area contributed by atoms with E-state index in [0.717, 1.165) is 17.7 Å². The van der Waals surface area contributed by atoms with Crippen LogP contribution in [0.4, 0.5) is 0 Å². The maximum absolute atomic E-state index is 12.0. The van der Waals surface area contributed by atoms with Gasteiger partial charge < -0.3 is 15.0 Å². The van der Waals surface area contributed by atoms with Gasteiger partial charge >= 0.3 is 0 Å². The summed E-state index contributed by atoms with van der Waals surface area (Å²) in [5, 5.41) is 3.92. The van der Waals surface area contributed by atoms with Gasteiger partial charge in [0.15, 0.2) is 14.9 Å². The summed E-state index contributed by atoms with van der Waals surface area (Å²) in [6.45, 7) is 1.28. The van der Waals surface area contributed by atoms with Gasteiger partial charge in [0, 0.05) is 19.1 Å². The quantitative estimate of drug-likeness (QED) is 0.698. The molecule has 0 radical (unpaired) electrons. The van der Waals surface area contributed by atoms with Crippen LogP contribution in [0.2, 0.25) is 0 Å². The Kier molecular flexibility index (Phi) is 6.91. The molecule has 0 spiro atoms. The standard InChI is InChI=1S/C21H26N2O3S2/c1-26-20-9-7-18(8-10-20)15-23(19-12-14-28(24,25)16-19)21(27)22-13-11-17-5-3-2-4-6-17/h2-10,19H,11-16H2,1H3,(H,22,27)/t19-/m1/s1. The smallest absolute Gasteiger partial charge is 0.169 e. The molecule has 0 unspecified atom stereocenters. The van der Waals surface area contributed by atoms with Crippen molar-refractivity contribution in [1.29, 1.82) is 0 Å². The van der Waals surface area contributed by atoms with E-state index in [4.69, 9.17) is 17.0 Å². The second kappa shape index (κ2) is 9.39. The van der Waals surface area contributed by atoms with Crippen LogP contribution in [0.5, 0.6) is 5.75 Å². The lowest BCUT2D eigenvalue weighted by Gasteiger charge is -2.31. The van der Waals surface area contributed by atoms with Gasteiger partial charge in [-0.2, -0.15) is 0 Å². The van der Waals surface area contributed by atoms with Gasteiger partial charge in [-0.05, 0) is 48.3 Å². The monoisotopic (exact) mass is 418 g/mol. The fourth-order valence-corrected chi connectivity index (χ4v) is 5.42. The molecule has 1 atom stereocenters. The first-order chi connectivity index (χ1) is 13.5. The van der Waals surface area contributed by atoms with Crippen LogP contribution < -0.4 is 10.1 Å². The molecule has 0 aromatic heterocycles. The zero-order valence-corrected chi connectivity index (χ0v) is 17.6. The third-order valence-corrected chi connectivity index (χ3v) is 7.08. The van der Waals surface area contributed by atoms with Crippen LogP contribution in [-0.4, -0.2) is 49.6 Å². The Morgan fingerprint density at radius 3 is 2.46 bits per heavy atom. The Labute approximate surface area is 172 Å². The summed E-state index contributed by atoms with van der Waals surface area (Å²) in [6.07, 6.45) is 1.47. The van der Waals surface area contributed by atoms with Crippen LogP contribution >= 0.6 is 12.2 Å². The number of methoxy groups -OCH3 is 1. The Bertz CT molecular complexity index is 884. The molecule has 0 bridgehead atoms. The minimum Gasteiger partial charge on any atom is -0.497 e. The normalized spacial score (nSPS) is 17.8. The van der Waals surface area contributed by atoms with Gasteiger partial charge in [0.05, 0.1) is 18.6 Å². The second-order valence-electron chi connectivity index (χ2n) is 7.00. The topological polar surface area (TPSA) is 58.6 Å². The van der Waals surface area contributed by atoms with E-state index >= 15 is 0 Å². The number of nitrogens with one attached hydrogen (secondary N) is 1. The summed E-state index contributed by atoms with van der Waals surface area (Å²) in [6, 6.07) is 17.9. The molecule has 1 heterocycles. The summed E-state index contributed by atoms with van der Waals surface area (Å²) in [5.74, 6) is 1.18. The first-order valence-electron chi connectivity index (χ1n) is 9.38. The molecule has 150 valence electrons. The van der Waals surface area contributed by atoms with Crippen LogP contribution in [0.15, 0.2) is 54.6 Å². The average Bonchev–Trinajstić information content (AvgIpc) is 3.06. The maximum Gasteiger partial charge on any atom is 0.169 e. The summed E-state index contributed by atoms with van der Waals surface area (Å²) in [7, 11) is -1.35. The molecule has 0 amide bonds. The minimum atomic E-state index is -2.99. The van der Waals surface area contributed by atoms with Crippen molar-refractivity contribution in [3.05, 3.63) is 65.7 Å². The highest BCUT2D eigenvalue weighted by Gasteiger charge is 2.33. The van der Waals surface area contributed by atoms with Gasteiger partial charge in [-0.3, -0.25) is 0 Å². The molecule has 0 aliphatic carbocycles. The van der Waals surface area contributed by atoms with E-state index in [0.29, 0.717) is 24.6 Å². The lowest BCUT2D eigenvalue weighted by atomic mass is 10.1. The van der Waals surface area contributed by atoms with E-state index < -0.39 is 9.84 Å². The van der Waals surface area contributed by atoms with Gasteiger partial charge in [-0.25, -0.2) is 8.42 Å². The Morgan fingerprint density at radius 1 is 1.14 bits per heavy atom. The largest absolute Gasteiger partial charge is 0.497 e. The SMILES string of the molecule is COc1ccc(CN(C(=S)NCCc2ccccc2)[C@@H]2CCS(=O)(=O)C2)cc1. The van der Waals surface area contributed by atoms with Crippen molar-refractivity contribution in [3.63, 3.8) is 0 Å². The Balaban J connectivity index is 1.66. The van der Waals surface area contributed by atoms with Crippen LogP contribution in [-0.2, 0) is 22.8 Å². The number of hydrogen-bond acceptors (Lipinski definition) is 4. The van der Waals surface area contributed by atoms with Gasteiger partial charge in [0.2, 0.25) is 0 Å². The van der Waals surface area contributed by atoms with Crippen LogP contribution in [0, 0.1) is 0 Å². The molecule has 1 aliphatic rings. The molecule has 1 N–H and O–H groups in total. The molecule has 28 heavy (non-hydrogen) atoms. The van der Waals surface area contributed by atoms with E-state index in [1.807, 2.05) is 47.4 Å². The predicted molar refractivity (Wildman–Crippen MR) is 116 cm³/mol. The number of ether oxygens (including phenoxy) is 1. The zero-order chi connectivity index (χ0) is 20.0. The number of benzene rings is 2. The summed E-state index contributed by atoms with van der Waals surface area (Å²) >= 11 is 5.65. The molecule has 3 rings (SSSR count). The van der Waals surface area contributed by atoms with Crippen molar-refractivity contribution in [2.24, 2.45) is 0 Å². The van der Waals surface area contributed by atoms with Gasteiger partial charge in [-0.15, -0.1) is 0 Å².